The molecule has 4 rings (SSSR count). The van der Waals surface area contributed by atoms with Crippen molar-refractivity contribution in [1.29, 1.82) is 0 Å². The number of aromatic hydroxyl groups is 2. The summed E-state index contributed by atoms with van der Waals surface area (Å²) in [5.74, 6) is 0.548. The molecule has 0 unspecified atom stereocenters. The van der Waals surface area contributed by atoms with E-state index in [0.717, 1.165) is 13.6 Å². The molecule has 0 aliphatic carbocycles. The maximum absolute atomic E-state index is 10.2. The fraction of sp³-hybridized carbons (Fsp3) is 0. The molecule has 0 aliphatic rings. The first-order valence-electron chi connectivity index (χ1n) is 7.92. The summed E-state index contributed by atoms with van der Waals surface area (Å²) in [6.45, 7) is 0. The smallest absolute Gasteiger partial charge is 0.231 e. The average molecular weight is 535 g/mol. The number of phenolic OH excluding ortho intramolecular Hbond substituents is 2. The van der Waals surface area contributed by atoms with E-state index >= 15 is 0 Å². The van der Waals surface area contributed by atoms with Crippen LogP contribution in [0.3, 0.4) is 0 Å². The van der Waals surface area contributed by atoms with Gasteiger partial charge in [-0.05, 0) is 65.1 Å². The largest absolute Gasteiger partial charge is 0.507 e. The van der Waals surface area contributed by atoms with Crippen LogP contribution in [-0.2, 0) is 0 Å². The number of aromatic nitrogens is 1. The number of para-hydroxylation sites is 2. The number of phenols is 2. The number of fused-ring (bicyclic) bond motifs is 1. The van der Waals surface area contributed by atoms with Gasteiger partial charge in [0.05, 0.1) is 14.8 Å². The third-order valence-electron chi connectivity index (χ3n) is 3.91. The van der Waals surface area contributed by atoms with Gasteiger partial charge < -0.3 is 14.6 Å². The molecule has 1 aromatic heterocycles. The van der Waals surface area contributed by atoms with Gasteiger partial charge in [0.2, 0.25) is 5.89 Å². The van der Waals surface area contributed by atoms with Crippen molar-refractivity contribution in [2.45, 2.75) is 0 Å². The summed E-state index contributed by atoms with van der Waals surface area (Å²) < 4.78 is 7.31. The molecule has 0 atom stereocenters. The predicted octanol–water partition coefficient (Wildman–Crippen LogP) is 6.02. The number of halogens is 2. The van der Waals surface area contributed by atoms with Crippen molar-refractivity contribution in [1.82, 2.24) is 4.98 Å². The lowest BCUT2D eigenvalue weighted by Crippen LogP contribution is -1.86. The van der Waals surface area contributed by atoms with Crippen LogP contribution < -0.4 is 0 Å². The lowest BCUT2D eigenvalue weighted by molar-refractivity contribution is 0.470. The summed E-state index contributed by atoms with van der Waals surface area (Å²) in [5.41, 5.74) is 3.00. The summed E-state index contributed by atoms with van der Waals surface area (Å²) in [7, 11) is 0. The summed E-state index contributed by atoms with van der Waals surface area (Å²) in [5, 5.41) is 20.4. The Balaban J connectivity index is 1.72. The Hall–Kier alpha value is -2.39. The Morgan fingerprint density at radius 2 is 1.89 bits per heavy atom. The first-order valence-corrected chi connectivity index (χ1v) is 9.79. The van der Waals surface area contributed by atoms with E-state index in [1.807, 2.05) is 30.3 Å². The van der Waals surface area contributed by atoms with E-state index in [4.69, 9.17) is 4.42 Å². The molecule has 0 aliphatic heterocycles. The van der Waals surface area contributed by atoms with Crippen LogP contribution in [0.2, 0.25) is 0 Å². The van der Waals surface area contributed by atoms with E-state index in [1.165, 1.54) is 0 Å². The lowest BCUT2D eigenvalue weighted by atomic mass is 10.1. The van der Waals surface area contributed by atoms with Gasteiger partial charge in [-0.3, -0.25) is 4.99 Å². The minimum Gasteiger partial charge on any atom is -0.507 e. The van der Waals surface area contributed by atoms with Crippen LogP contribution in [0.1, 0.15) is 5.56 Å². The van der Waals surface area contributed by atoms with E-state index in [1.54, 1.807) is 30.5 Å². The van der Waals surface area contributed by atoms with Gasteiger partial charge in [0, 0.05) is 16.3 Å². The molecule has 0 bridgehead atoms. The molecule has 27 heavy (non-hydrogen) atoms. The number of nitrogens with zero attached hydrogens (tertiary/aromatic N) is 2. The molecule has 5 nitrogen and oxygen atoms in total. The van der Waals surface area contributed by atoms with Crippen LogP contribution >= 0.6 is 38.5 Å². The molecule has 7 heteroatoms. The maximum atomic E-state index is 10.2. The summed E-state index contributed by atoms with van der Waals surface area (Å²) >= 11 is 5.47. The highest BCUT2D eigenvalue weighted by Gasteiger charge is 2.13. The molecule has 0 amide bonds. The molecular formula is C20H12BrIN2O3. The van der Waals surface area contributed by atoms with Crippen LogP contribution in [0.15, 0.2) is 68.5 Å². The van der Waals surface area contributed by atoms with Crippen molar-refractivity contribution in [3.8, 4) is 23.0 Å². The number of aliphatic imine (C=N–C) groups is 1. The average Bonchev–Trinajstić information content (AvgIpc) is 3.08. The quantitative estimate of drug-likeness (QED) is 0.249. The van der Waals surface area contributed by atoms with Crippen LogP contribution in [0.5, 0.6) is 11.5 Å². The van der Waals surface area contributed by atoms with Crippen molar-refractivity contribution >= 4 is 61.5 Å². The Morgan fingerprint density at radius 3 is 2.70 bits per heavy atom. The molecule has 0 fully saturated rings. The molecule has 0 radical (unpaired) electrons. The Labute approximate surface area is 176 Å². The zero-order valence-corrected chi connectivity index (χ0v) is 17.5. The van der Waals surface area contributed by atoms with E-state index in [9.17, 15) is 10.2 Å². The molecule has 3 aromatic carbocycles. The Morgan fingerprint density at radius 1 is 1.07 bits per heavy atom. The van der Waals surface area contributed by atoms with Crippen molar-refractivity contribution in [2.24, 2.45) is 4.99 Å². The summed E-state index contributed by atoms with van der Waals surface area (Å²) in [6, 6.07) is 15.9. The number of hydrogen-bond acceptors (Lipinski definition) is 5. The minimum atomic E-state index is 0.0559. The molecule has 1 heterocycles. The fourth-order valence-electron chi connectivity index (χ4n) is 2.59. The summed E-state index contributed by atoms with van der Waals surface area (Å²) in [6.07, 6.45) is 1.57. The fourth-order valence-corrected chi connectivity index (χ4v) is 4.14. The predicted molar refractivity (Wildman–Crippen MR) is 117 cm³/mol. The highest BCUT2D eigenvalue weighted by Crippen LogP contribution is 2.34. The lowest BCUT2D eigenvalue weighted by Gasteiger charge is -2.04. The number of hydrogen-bond donors (Lipinski definition) is 2. The van der Waals surface area contributed by atoms with E-state index in [-0.39, 0.29) is 11.5 Å². The molecule has 134 valence electrons. The van der Waals surface area contributed by atoms with Gasteiger partial charge >= 0.3 is 0 Å². The first kappa shape index (κ1) is 18.0. The van der Waals surface area contributed by atoms with Crippen LogP contribution in [0.25, 0.3) is 22.6 Å². The second kappa shape index (κ2) is 7.32. The molecule has 2 N–H and O–H groups in total. The van der Waals surface area contributed by atoms with E-state index in [0.29, 0.717) is 28.3 Å². The third-order valence-corrected chi connectivity index (χ3v) is 5.19. The zero-order chi connectivity index (χ0) is 19.0. The Kier molecular flexibility index (Phi) is 4.88. The second-order valence-electron chi connectivity index (χ2n) is 5.77. The molecule has 0 spiro atoms. The first-order chi connectivity index (χ1) is 13.0. The van der Waals surface area contributed by atoms with Gasteiger partial charge in [-0.2, -0.15) is 0 Å². The SMILES string of the molecule is Oc1ccc(N=Cc2cc(Br)cc(I)c2O)cc1-c1nc2ccccc2o1. The van der Waals surface area contributed by atoms with Gasteiger partial charge in [-0.25, -0.2) is 4.98 Å². The van der Waals surface area contributed by atoms with Gasteiger partial charge in [-0.1, -0.05) is 28.1 Å². The topological polar surface area (TPSA) is 78.9 Å². The van der Waals surface area contributed by atoms with Crippen molar-refractivity contribution in [2.75, 3.05) is 0 Å². The second-order valence-corrected chi connectivity index (χ2v) is 7.85. The van der Waals surface area contributed by atoms with Crippen LogP contribution in [0, 0.1) is 3.57 Å². The summed E-state index contributed by atoms with van der Waals surface area (Å²) in [4.78, 5) is 8.83. The van der Waals surface area contributed by atoms with E-state index < -0.39 is 0 Å². The van der Waals surface area contributed by atoms with Gasteiger partial charge in [0.25, 0.3) is 0 Å². The zero-order valence-electron chi connectivity index (χ0n) is 13.7. The van der Waals surface area contributed by atoms with Crippen molar-refractivity contribution < 1.29 is 14.6 Å². The van der Waals surface area contributed by atoms with Crippen molar-refractivity contribution in [3.05, 3.63) is 68.2 Å². The van der Waals surface area contributed by atoms with Gasteiger partial charge in [0.1, 0.15) is 17.0 Å². The Bertz CT molecular complexity index is 1150. The number of oxazole rings is 1. The molecule has 0 saturated carbocycles. The van der Waals surface area contributed by atoms with Crippen LogP contribution in [-0.4, -0.2) is 21.4 Å². The normalized spacial score (nSPS) is 11.5. The van der Waals surface area contributed by atoms with Gasteiger partial charge in [-0.15, -0.1) is 0 Å². The standard InChI is InChI=1S/C20H12BrIN2O3/c21-12-7-11(19(26)15(22)8-12)10-23-13-5-6-17(25)14(9-13)20-24-16-3-1-2-4-18(16)27-20/h1-10,25-26H. The van der Waals surface area contributed by atoms with Crippen molar-refractivity contribution in [3.63, 3.8) is 0 Å². The third kappa shape index (κ3) is 3.70. The highest BCUT2D eigenvalue weighted by molar-refractivity contribution is 14.1. The molecular weight excluding hydrogens is 523 g/mol. The highest BCUT2D eigenvalue weighted by atomic mass is 127. The van der Waals surface area contributed by atoms with E-state index in [2.05, 4.69) is 48.5 Å². The van der Waals surface area contributed by atoms with Gasteiger partial charge in [0.15, 0.2) is 5.58 Å². The monoisotopic (exact) mass is 534 g/mol. The molecule has 4 aromatic rings. The number of rotatable bonds is 3. The molecule has 0 saturated heterocycles. The minimum absolute atomic E-state index is 0.0559. The maximum Gasteiger partial charge on any atom is 0.231 e. The van der Waals surface area contributed by atoms with Crippen LogP contribution in [0.4, 0.5) is 5.69 Å². The number of benzene rings is 3.